The van der Waals surface area contributed by atoms with E-state index in [1.54, 1.807) is 0 Å². The number of aryl methyl sites for hydroxylation is 2. The van der Waals surface area contributed by atoms with Crippen molar-refractivity contribution in [3.63, 3.8) is 0 Å². The van der Waals surface area contributed by atoms with Crippen molar-refractivity contribution in [1.82, 2.24) is 5.32 Å². The molecule has 1 heterocycles. The van der Waals surface area contributed by atoms with Gasteiger partial charge in [-0.05, 0) is 47.7 Å². The lowest BCUT2D eigenvalue weighted by Gasteiger charge is -2.08. The Kier molecular flexibility index (Phi) is 5.29. The third kappa shape index (κ3) is 4.34. The van der Waals surface area contributed by atoms with E-state index >= 15 is 0 Å². The van der Waals surface area contributed by atoms with E-state index in [2.05, 4.69) is 60.8 Å². The molecule has 1 N–H and O–H groups in total. The van der Waals surface area contributed by atoms with Gasteiger partial charge in [0, 0.05) is 13.0 Å². The molecule has 1 amide bonds. The van der Waals surface area contributed by atoms with Gasteiger partial charge in [0.15, 0.2) is 11.5 Å². The SMILES string of the molecule is Cc1cccc(-c2ccc(CNC(=O)CCc3ccc4c(c3)OCO4)cc2)c1. The molecule has 0 radical (unpaired) electrons. The van der Waals surface area contributed by atoms with Crippen molar-refractivity contribution < 1.29 is 14.3 Å². The van der Waals surface area contributed by atoms with Crippen LogP contribution in [0.5, 0.6) is 11.5 Å². The van der Waals surface area contributed by atoms with Gasteiger partial charge in [-0.2, -0.15) is 0 Å². The zero-order valence-corrected chi connectivity index (χ0v) is 15.9. The average Bonchev–Trinajstić information content (AvgIpc) is 3.19. The summed E-state index contributed by atoms with van der Waals surface area (Å²) in [4.78, 5) is 12.2. The fraction of sp³-hybridized carbons (Fsp3) is 0.208. The molecular weight excluding hydrogens is 350 g/mol. The van der Waals surface area contributed by atoms with E-state index in [-0.39, 0.29) is 12.7 Å². The molecule has 0 spiro atoms. The Morgan fingerprint density at radius 2 is 1.68 bits per heavy atom. The van der Waals surface area contributed by atoms with Crippen LogP contribution in [0, 0.1) is 6.92 Å². The van der Waals surface area contributed by atoms with Gasteiger partial charge in [0.05, 0.1) is 0 Å². The first-order valence-corrected chi connectivity index (χ1v) is 9.48. The molecule has 4 heteroatoms. The predicted octanol–water partition coefficient (Wildman–Crippen LogP) is 4.64. The highest BCUT2D eigenvalue weighted by molar-refractivity contribution is 5.76. The van der Waals surface area contributed by atoms with E-state index in [1.807, 2.05) is 18.2 Å². The quantitative estimate of drug-likeness (QED) is 0.685. The van der Waals surface area contributed by atoms with Crippen molar-refractivity contribution in [2.45, 2.75) is 26.3 Å². The maximum atomic E-state index is 12.2. The monoisotopic (exact) mass is 373 g/mol. The largest absolute Gasteiger partial charge is 0.454 e. The molecule has 0 bridgehead atoms. The maximum absolute atomic E-state index is 12.2. The van der Waals surface area contributed by atoms with Gasteiger partial charge in [0.25, 0.3) is 0 Å². The van der Waals surface area contributed by atoms with Crippen molar-refractivity contribution >= 4 is 5.91 Å². The number of rotatable bonds is 6. The molecule has 3 aromatic rings. The molecule has 0 unspecified atom stereocenters. The number of fused-ring (bicyclic) bond motifs is 1. The second-order valence-electron chi connectivity index (χ2n) is 7.03. The van der Waals surface area contributed by atoms with Gasteiger partial charge in [-0.1, -0.05) is 60.2 Å². The van der Waals surface area contributed by atoms with Gasteiger partial charge in [-0.3, -0.25) is 4.79 Å². The highest BCUT2D eigenvalue weighted by Crippen LogP contribution is 2.32. The van der Waals surface area contributed by atoms with E-state index in [1.165, 1.54) is 16.7 Å². The first-order chi connectivity index (χ1) is 13.7. The number of ether oxygens (including phenoxy) is 2. The highest BCUT2D eigenvalue weighted by atomic mass is 16.7. The van der Waals surface area contributed by atoms with Crippen molar-refractivity contribution in [2.24, 2.45) is 0 Å². The van der Waals surface area contributed by atoms with Crippen LogP contribution in [0.25, 0.3) is 11.1 Å². The third-order valence-corrected chi connectivity index (χ3v) is 4.87. The van der Waals surface area contributed by atoms with Crippen molar-refractivity contribution in [3.8, 4) is 22.6 Å². The Balaban J connectivity index is 1.27. The van der Waals surface area contributed by atoms with Crippen molar-refractivity contribution in [2.75, 3.05) is 6.79 Å². The lowest BCUT2D eigenvalue weighted by atomic mass is 10.0. The lowest BCUT2D eigenvalue weighted by molar-refractivity contribution is -0.121. The van der Waals surface area contributed by atoms with Gasteiger partial charge in [0.1, 0.15) is 0 Å². The minimum Gasteiger partial charge on any atom is -0.454 e. The molecule has 0 aliphatic carbocycles. The van der Waals surface area contributed by atoms with Gasteiger partial charge >= 0.3 is 0 Å². The summed E-state index contributed by atoms with van der Waals surface area (Å²) in [6, 6.07) is 22.6. The van der Waals surface area contributed by atoms with Crippen LogP contribution in [0.2, 0.25) is 0 Å². The molecule has 0 saturated heterocycles. The van der Waals surface area contributed by atoms with Crippen LogP contribution in [0.4, 0.5) is 0 Å². The Bertz CT molecular complexity index is 979. The van der Waals surface area contributed by atoms with Crippen LogP contribution in [0.1, 0.15) is 23.1 Å². The summed E-state index contributed by atoms with van der Waals surface area (Å²) >= 11 is 0. The first kappa shape index (κ1) is 18.1. The molecule has 28 heavy (non-hydrogen) atoms. The zero-order chi connectivity index (χ0) is 19.3. The smallest absolute Gasteiger partial charge is 0.231 e. The fourth-order valence-corrected chi connectivity index (χ4v) is 3.28. The number of carbonyl (C=O) groups excluding carboxylic acids is 1. The van der Waals surface area contributed by atoms with Crippen molar-refractivity contribution in [3.05, 3.63) is 83.4 Å². The van der Waals surface area contributed by atoms with Crippen LogP contribution < -0.4 is 14.8 Å². The molecule has 1 aliphatic rings. The number of nitrogens with one attached hydrogen (secondary N) is 1. The Morgan fingerprint density at radius 3 is 2.50 bits per heavy atom. The summed E-state index contributed by atoms with van der Waals surface area (Å²) in [5, 5.41) is 2.99. The zero-order valence-electron chi connectivity index (χ0n) is 15.9. The molecule has 1 aliphatic heterocycles. The van der Waals surface area contributed by atoms with E-state index in [0.717, 1.165) is 22.6 Å². The summed E-state index contributed by atoms with van der Waals surface area (Å²) in [7, 11) is 0. The average molecular weight is 373 g/mol. The molecule has 4 nitrogen and oxygen atoms in total. The highest BCUT2D eigenvalue weighted by Gasteiger charge is 2.13. The molecule has 0 fully saturated rings. The molecule has 4 rings (SSSR count). The van der Waals surface area contributed by atoms with Gasteiger partial charge in [-0.15, -0.1) is 0 Å². The second-order valence-corrected chi connectivity index (χ2v) is 7.03. The van der Waals surface area contributed by atoms with Gasteiger partial charge in [0.2, 0.25) is 12.7 Å². The standard InChI is InChI=1S/C24H23NO3/c1-17-3-2-4-21(13-17)20-9-5-19(6-10-20)15-25-24(26)12-8-18-7-11-22-23(14-18)28-16-27-22/h2-7,9-11,13-14H,8,12,15-16H2,1H3,(H,25,26). The van der Waals surface area contributed by atoms with Crippen LogP contribution in [-0.2, 0) is 17.8 Å². The number of carbonyl (C=O) groups is 1. The van der Waals surface area contributed by atoms with Gasteiger partial charge < -0.3 is 14.8 Å². The molecule has 142 valence electrons. The number of hydrogen-bond acceptors (Lipinski definition) is 3. The topological polar surface area (TPSA) is 47.6 Å². The Hall–Kier alpha value is -3.27. The van der Waals surface area contributed by atoms with E-state index in [9.17, 15) is 4.79 Å². The van der Waals surface area contributed by atoms with E-state index in [4.69, 9.17) is 9.47 Å². The minimum absolute atomic E-state index is 0.0421. The van der Waals surface area contributed by atoms with Crippen LogP contribution in [0.3, 0.4) is 0 Å². The number of hydrogen-bond donors (Lipinski definition) is 1. The normalized spacial score (nSPS) is 12.0. The van der Waals surface area contributed by atoms with Gasteiger partial charge in [-0.25, -0.2) is 0 Å². The van der Waals surface area contributed by atoms with Crippen molar-refractivity contribution in [1.29, 1.82) is 0 Å². The summed E-state index contributed by atoms with van der Waals surface area (Å²) in [5.74, 6) is 1.56. The summed E-state index contributed by atoms with van der Waals surface area (Å²) < 4.78 is 10.7. The Morgan fingerprint density at radius 1 is 0.893 bits per heavy atom. The molecule has 0 aromatic heterocycles. The van der Waals surface area contributed by atoms with Crippen LogP contribution in [-0.4, -0.2) is 12.7 Å². The van der Waals surface area contributed by atoms with E-state index in [0.29, 0.717) is 19.4 Å². The first-order valence-electron chi connectivity index (χ1n) is 9.48. The molecule has 0 atom stereocenters. The maximum Gasteiger partial charge on any atom is 0.231 e. The summed E-state index contributed by atoms with van der Waals surface area (Å²) in [6.45, 7) is 2.90. The summed E-state index contributed by atoms with van der Waals surface area (Å²) in [6.07, 6.45) is 1.12. The fourth-order valence-electron chi connectivity index (χ4n) is 3.28. The van der Waals surface area contributed by atoms with Crippen LogP contribution >= 0.6 is 0 Å². The predicted molar refractivity (Wildman–Crippen MR) is 109 cm³/mol. The second kappa shape index (κ2) is 8.17. The number of benzene rings is 3. The molecule has 0 saturated carbocycles. The Labute approximate surface area is 165 Å². The van der Waals surface area contributed by atoms with E-state index < -0.39 is 0 Å². The molecule has 3 aromatic carbocycles. The molecular formula is C24H23NO3. The summed E-state index contributed by atoms with van der Waals surface area (Å²) in [5.41, 5.74) is 5.80. The minimum atomic E-state index is 0.0421. The third-order valence-electron chi connectivity index (χ3n) is 4.87. The number of amides is 1. The lowest BCUT2D eigenvalue weighted by Crippen LogP contribution is -2.22. The van der Waals surface area contributed by atoms with Crippen LogP contribution in [0.15, 0.2) is 66.7 Å².